The van der Waals surface area contributed by atoms with Crippen LogP contribution in [0.5, 0.6) is 0 Å². The van der Waals surface area contributed by atoms with E-state index in [4.69, 9.17) is 16.6 Å². The fraction of sp³-hybridized carbons (Fsp3) is 0.0833. The quantitative estimate of drug-likeness (QED) is 0.451. The zero-order chi connectivity index (χ0) is 11.5. The molecule has 0 bridgehead atoms. The van der Waals surface area contributed by atoms with Crippen LogP contribution < -0.4 is 4.57 Å². The van der Waals surface area contributed by atoms with Gasteiger partial charge in [0.15, 0.2) is 18.2 Å². The molecule has 0 aromatic carbocycles. The highest BCUT2D eigenvalue weighted by molar-refractivity contribution is 7.80. The van der Waals surface area contributed by atoms with Crippen molar-refractivity contribution in [2.75, 3.05) is 0 Å². The topological polar surface area (TPSA) is 34.1 Å². The zero-order valence-electron chi connectivity index (χ0n) is 8.71. The minimum atomic E-state index is 0.0107. The Bertz CT molecular complexity index is 532. The fourth-order valence-electron chi connectivity index (χ4n) is 1.34. The molecule has 2 aromatic rings. The summed E-state index contributed by atoms with van der Waals surface area (Å²) in [4.78, 5) is 11.8. The maximum absolute atomic E-state index is 11.2. The molecule has 3 nitrogen and oxygen atoms in total. The van der Waals surface area contributed by atoms with Crippen molar-refractivity contribution in [3.05, 3.63) is 54.2 Å². The van der Waals surface area contributed by atoms with Gasteiger partial charge < -0.3 is 4.42 Å². The molecule has 0 aliphatic heterocycles. The lowest BCUT2D eigenvalue weighted by Gasteiger charge is -1.96. The largest absolute Gasteiger partial charge is 0.457 e. The Hall–Kier alpha value is -1.81. The van der Waals surface area contributed by atoms with E-state index in [-0.39, 0.29) is 5.78 Å². The standard InChI is InChI=1S/C12H10NO2S/c1-9(14)10-4-2-6-13(8-10)12(16)11-5-3-7-15-11/h2-8H,1H3/q+1. The van der Waals surface area contributed by atoms with Crippen LogP contribution >= 0.6 is 12.2 Å². The van der Waals surface area contributed by atoms with Gasteiger partial charge in [0.05, 0.1) is 11.8 Å². The Labute approximate surface area is 98.3 Å². The molecule has 0 N–H and O–H groups in total. The molecule has 0 saturated heterocycles. The van der Waals surface area contributed by atoms with Gasteiger partial charge in [-0.05, 0) is 37.3 Å². The number of nitrogens with zero attached hydrogens (tertiary/aromatic N) is 1. The molecule has 4 heteroatoms. The highest BCUT2D eigenvalue weighted by Gasteiger charge is 2.16. The van der Waals surface area contributed by atoms with Crippen LogP contribution in [0.25, 0.3) is 0 Å². The molecule has 2 aromatic heterocycles. The van der Waals surface area contributed by atoms with E-state index < -0.39 is 0 Å². The van der Waals surface area contributed by atoms with E-state index in [2.05, 4.69) is 0 Å². The number of aromatic nitrogens is 1. The average Bonchev–Trinajstić information content (AvgIpc) is 2.81. The first-order valence-corrected chi connectivity index (χ1v) is 5.20. The van der Waals surface area contributed by atoms with Gasteiger partial charge in [0, 0.05) is 6.07 Å². The third kappa shape index (κ3) is 2.06. The molecule has 0 radical (unpaired) electrons. The number of Topliss-reactive ketones (excluding diaryl/α,β-unsaturated/α-hetero) is 1. The molecule has 0 amide bonds. The van der Waals surface area contributed by atoms with Gasteiger partial charge in [0.1, 0.15) is 0 Å². The molecule has 2 rings (SSSR count). The summed E-state index contributed by atoms with van der Waals surface area (Å²) in [6, 6.07) is 7.10. The fourth-order valence-corrected chi connectivity index (χ4v) is 1.57. The predicted molar refractivity (Wildman–Crippen MR) is 62.4 cm³/mol. The summed E-state index contributed by atoms with van der Waals surface area (Å²) >= 11 is 5.24. The maximum Gasteiger partial charge on any atom is 0.320 e. The summed E-state index contributed by atoms with van der Waals surface area (Å²) in [5, 5.41) is 0. The summed E-state index contributed by atoms with van der Waals surface area (Å²) in [6.07, 6.45) is 5.06. The lowest BCUT2D eigenvalue weighted by atomic mass is 10.2. The first-order chi connectivity index (χ1) is 7.68. The Morgan fingerprint density at radius 2 is 2.19 bits per heavy atom. The Morgan fingerprint density at radius 1 is 1.38 bits per heavy atom. The van der Waals surface area contributed by atoms with Gasteiger partial charge >= 0.3 is 4.99 Å². The second-order valence-corrected chi connectivity index (χ2v) is 3.73. The van der Waals surface area contributed by atoms with Gasteiger partial charge in [-0.1, -0.05) is 0 Å². The molecule has 0 unspecified atom stereocenters. The molecule has 0 fully saturated rings. The SMILES string of the molecule is CC(=O)c1ccc[n+](C(=S)c2ccco2)c1. The summed E-state index contributed by atoms with van der Waals surface area (Å²) in [6.45, 7) is 1.52. The first kappa shape index (κ1) is 10.7. The second kappa shape index (κ2) is 4.37. The molecular formula is C12H10NO2S+. The van der Waals surface area contributed by atoms with Crippen molar-refractivity contribution >= 4 is 23.0 Å². The average molecular weight is 232 g/mol. The highest BCUT2D eigenvalue weighted by Crippen LogP contribution is 2.02. The van der Waals surface area contributed by atoms with E-state index in [9.17, 15) is 4.79 Å². The molecule has 0 saturated carbocycles. The van der Waals surface area contributed by atoms with Crippen LogP contribution in [0.15, 0.2) is 47.3 Å². The van der Waals surface area contributed by atoms with Gasteiger partial charge in [-0.3, -0.25) is 4.79 Å². The molecule has 0 aliphatic rings. The smallest absolute Gasteiger partial charge is 0.320 e. The van der Waals surface area contributed by atoms with E-state index in [0.29, 0.717) is 16.3 Å². The Balaban J connectivity index is 2.38. The number of hydrogen-bond acceptors (Lipinski definition) is 3. The van der Waals surface area contributed by atoms with E-state index in [1.165, 1.54) is 6.92 Å². The lowest BCUT2D eigenvalue weighted by Crippen LogP contribution is -2.41. The first-order valence-electron chi connectivity index (χ1n) is 4.79. The minimum Gasteiger partial charge on any atom is -0.457 e. The van der Waals surface area contributed by atoms with Gasteiger partial charge in [-0.25, -0.2) is 0 Å². The van der Waals surface area contributed by atoms with Crippen LogP contribution in [0.3, 0.4) is 0 Å². The number of hydrogen-bond donors (Lipinski definition) is 0. The van der Waals surface area contributed by atoms with E-state index in [1.807, 2.05) is 0 Å². The molecule has 2 heterocycles. The number of thiocarbonyl (C=S) groups is 1. The highest BCUT2D eigenvalue weighted by atomic mass is 32.1. The number of furan rings is 1. The van der Waals surface area contributed by atoms with Crippen molar-refractivity contribution < 1.29 is 13.8 Å². The molecular weight excluding hydrogens is 222 g/mol. The summed E-state index contributed by atoms with van der Waals surface area (Å²) in [5.41, 5.74) is 0.622. The van der Waals surface area contributed by atoms with Crippen molar-refractivity contribution in [2.24, 2.45) is 0 Å². The number of pyridine rings is 1. The maximum atomic E-state index is 11.2. The van der Waals surface area contributed by atoms with Crippen molar-refractivity contribution in [3.63, 3.8) is 0 Å². The molecule has 80 valence electrons. The van der Waals surface area contributed by atoms with Crippen molar-refractivity contribution in [1.82, 2.24) is 0 Å². The van der Waals surface area contributed by atoms with E-state index in [1.54, 1.807) is 47.5 Å². The van der Waals surface area contributed by atoms with Gasteiger partial charge in [0.25, 0.3) is 0 Å². The van der Waals surface area contributed by atoms with Gasteiger partial charge in [-0.2, -0.15) is 4.57 Å². The van der Waals surface area contributed by atoms with Crippen LogP contribution in [-0.2, 0) is 0 Å². The molecule has 16 heavy (non-hydrogen) atoms. The van der Waals surface area contributed by atoms with Crippen LogP contribution in [0.4, 0.5) is 0 Å². The molecule has 0 spiro atoms. The minimum absolute atomic E-state index is 0.0107. The van der Waals surface area contributed by atoms with Gasteiger partial charge in [-0.15, -0.1) is 0 Å². The third-order valence-electron chi connectivity index (χ3n) is 2.17. The Morgan fingerprint density at radius 3 is 2.81 bits per heavy atom. The monoisotopic (exact) mass is 232 g/mol. The van der Waals surface area contributed by atoms with Crippen LogP contribution in [0.1, 0.15) is 23.0 Å². The molecule has 0 aliphatic carbocycles. The summed E-state index contributed by atoms with van der Waals surface area (Å²) in [5.74, 6) is 0.622. The zero-order valence-corrected chi connectivity index (χ0v) is 9.53. The third-order valence-corrected chi connectivity index (χ3v) is 2.59. The van der Waals surface area contributed by atoms with Crippen LogP contribution in [0.2, 0.25) is 0 Å². The summed E-state index contributed by atoms with van der Waals surface area (Å²) < 4.78 is 6.90. The van der Waals surface area contributed by atoms with Crippen molar-refractivity contribution in [3.8, 4) is 0 Å². The van der Waals surface area contributed by atoms with E-state index in [0.717, 1.165) is 0 Å². The number of ketones is 1. The van der Waals surface area contributed by atoms with Crippen LogP contribution in [0, 0.1) is 0 Å². The van der Waals surface area contributed by atoms with Gasteiger partial charge in [0.2, 0.25) is 5.76 Å². The molecule has 0 atom stereocenters. The summed E-state index contributed by atoms with van der Waals surface area (Å²) in [7, 11) is 0. The second-order valence-electron chi connectivity index (χ2n) is 3.34. The normalized spacial score (nSPS) is 10.1. The van der Waals surface area contributed by atoms with Crippen molar-refractivity contribution in [1.29, 1.82) is 0 Å². The Kier molecular flexibility index (Phi) is 2.92. The number of rotatable bonds is 2. The number of carbonyl (C=O) groups is 1. The number of carbonyl (C=O) groups excluding carboxylic acids is 1. The predicted octanol–water partition coefficient (Wildman–Crippen LogP) is 1.99. The van der Waals surface area contributed by atoms with Crippen LogP contribution in [-0.4, -0.2) is 10.8 Å². The van der Waals surface area contributed by atoms with Crippen molar-refractivity contribution in [2.45, 2.75) is 6.92 Å². The lowest BCUT2D eigenvalue weighted by molar-refractivity contribution is -0.551. The van der Waals surface area contributed by atoms with E-state index >= 15 is 0 Å².